The molecule has 0 radical (unpaired) electrons. The van der Waals surface area contributed by atoms with Crippen LogP contribution in [0.3, 0.4) is 0 Å². The average Bonchev–Trinajstić information content (AvgIpc) is 2.36. The Morgan fingerprint density at radius 2 is 1.47 bits per heavy atom. The lowest BCUT2D eigenvalue weighted by Gasteiger charge is -2.08. The van der Waals surface area contributed by atoms with Crippen molar-refractivity contribution in [1.29, 1.82) is 0 Å². The van der Waals surface area contributed by atoms with Gasteiger partial charge in [-0.25, -0.2) is 0 Å². The Morgan fingerprint density at radius 1 is 0.895 bits per heavy atom. The van der Waals surface area contributed by atoms with Crippen molar-refractivity contribution in [2.75, 3.05) is 10.6 Å². The van der Waals surface area contributed by atoms with E-state index in [0.717, 1.165) is 17.1 Å². The van der Waals surface area contributed by atoms with Crippen LogP contribution in [0, 0.1) is 0 Å². The third kappa shape index (κ3) is 3.88. The largest absolute Gasteiger partial charge is 0.355 e. The van der Waals surface area contributed by atoms with Gasteiger partial charge in [0.05, 0.1) is 10.0 Å². The third-order valence-corrected chi connectivity index (χ3v) is 3.15. The molecule has 5 heteroatoms. The highest BCUT2D eigenvalue weighted by molar-refractivity contribution is 6.42. The van der Waals surface area contributed by atoms with Crippen LogP contribution in [-0.4, -0.2) is 5.91 Å². The van der Waals surface area contributed by atoms with Gasteiger partial charge >= 0.3 is 0 Å². The molecule has 19 heavy (non-hydrogen) atoms. The molecule has 0 bridgehead atoms. The maximum Gasteiger partial charge on any atom is 0.221 e. The van der Waals surface area contributed by atoms with Crippen LogP contribution in [0.2, 0.25) is 10.0 Å². The minimum Gasteiger partial charge on any atom is -0.355 e. The Hall–Kier alpha value is -1.71. The molecule has 3 nitrogen and oxygen atoms in total. The number of nitrogens with one attached hydrogen (secondary N) is 2. The Morgan fingerprint density at radius 3 is 2.05 bits per heavy atom. The molecule has 2 aromatic rings. The fourth-order valence-corrected chi connectivity index (χ4v) is 1.88. The van der Waals surface area contributed by atoms with Gasteiger partial charge in [-0.3, -0.25) is 4.79 Å². The number of rotatable bonds is 3. The highest BCUT2D eigenvalue weighted by Crippen LogP contribution is 2.27. The lowest BCUT2D eigenvalue weighted by atomic mass is 10.2. The first kappa shape index (κ1) is 13.7. The molecule has 2 rings (SSSR count). The van der Waals surface area contributed by atoms with Gasteiger partial charge in [-0.2, -0.15) is 0 Å². The minimum atomic E-state index is -0.0924. The van der Waals surface area contributed by atoms with Gasteiger partial charge in [-0.05, 0) is 42.5 Å². The van der Waals surface area contributed by atoms with E-state index in [-0.39, 0.29) is 5.91 Å². The zero-order valence-corrected chi connectivity index (χ0v) is 11.7. The molecule has 0 aliphatic rings. The molecular formula is C14H12Cl2N2O. The van der Waals surface area contributed by atoms with Gasteiger partial charge in [0.25, 0.3) is 0 Å². The van der Waals surface area contributed by atoms with Crippen molar-refractivity contribution < 1.29 is 4.79 Å². The Balaban J connectivity index is 2.10. The van der Waals surface area contributed by atoms with Crippen LogP contribution in [0.5, 0.6) is 0 Å². The SMILES string of the molecule is CC(=O)Nc1ccc(Nc2ccc(Cl)c(Cl)c2)cc1. The molecule has 2 N–H and O–H groups in total. The first-order chi connectivity index (χ1) is 9.04. The lowest BCUT2D eigenvalue weighted by Crippen LogP contribution is -2.05. The van der Waals surface area contributed by atoms with Crippen molar-refractivity contribution >= 4 is 46.2 Å². The fraction of sp³-hybridized carbons (Fsp3) is 0.0714. The van der Waals surface area contributed by atoms with E-state index in [4.69, 9.17) is 23.2 Å². The number of hydrogen-bond donors (Lipinski definition) is 2. The van der Waals surface area contributed by atoms with Crippen molar-refractivity contribution in [1.82, 2.24) is 0 Å². The van der Waals surface area contributed by atoms with E-state index < -0.39 is 0 Å². The summed E-state index contributed by atoms with van der Waals surface area (Å²) in [4.78, 5) is 10.9. The Kier molecular flexibility index (Phi) is 4.30. The summed E-state index contributed by atoms with van der Waals surface area (Å²) in [5.74, 6) is -0.0924. The van der Waals surface area contributed by atoms with Crippen LogP contribution in [0.4, 0.5) is 17.1 Å². The average molecular weight is 295 g/mol. The van der Waals surface area contributed by atoms with Crippen LogP contribution in [-0.2, 0) is 4.79 Å². The smallest absolute Gasteiger partial charge is 0.221 e. The maximum atomic E-state index is 10.9. The van der Waals surface area contributed by atoms with Crippen LogP contribution >= 0.6 is 23.2 Å². The summed E-state index contributed by atoms with van der Waals surface area (Å²) in [6.07, 6.45) is 0. The molecular weight excluding hydrogens is 283 g/mol. The molecule has 0 aliphatic heterocycles. The van der Waals surface area contributed by atoms with Crippen LogP contribution in [0.25, 0.3) is 0 Å². The molecule has 2 aromatic carbocycles. The minimum absolute atomic E-state index is 0.0924. The summed E-state index contributed by atoms with van der Waals surface area (Å²) in [7, 11) is 0. The quantitative estimate of drug-likeness (QED) is 0.862. The van der Waals surface area contributed by atoms with Gasteiger partial charge in [0, 0.05) is 24.0 Å². The highest BCUT2D eigenvalue weighted by Gasteiger charge is 2.00. The molecule has 1 amide bonds. The van der Waals surface area contributed by atoms with Crippen molar-refractivity contribution in [3.8, 4) is 0 Å². The predicted octanol–water partition coefficient (Wildman–Crippen LogP) is 4.70. The van der Waals surface area contributed by atoms with Crippen molar-refractivity contribution in [2.45, 2.75) is 6.92 Å². The second-order valence-electron chi connectivity index (χ2n) is 4.01. The number of amides is 1. The molecule has 0 unspecified atom stereocenters. The number of carbonyl (C=O) groups is 1. The van der Waals surface area contributed by atoms with Gasteiger partial charge in [-0.15, -0.1) is 0 Å². The molecule has 0 heterocycles. The van der Waals surface area contributed by atoms with Crippen molar-refractivity contribution in [3.05, 3.63) is 52.5 Å². The first-order valence-corrected chi connectivity index (χ1v) is 6.40. The summed E-state index contributed by atoms with van der Waals surface area (Å²) in [5, 5.41) is 6.93. The zero-order valence-electron chi connectivity index (χ0n) is 10.2. The van der Waals surface area contributed by atoms with E-state index in [1.165, 1.54) is 6.92 Å². The van der Waals surface area contributed by atoms with E-state index in [2.05, 4.69) is 10.6 Å². The molecule has 0 atom stereocenters. The number of carbonyl (C=O) groups excluding carboxylic acids is 1. The molecule has 0 aromatic heterocycles. The van der Waals surface area contributed by atoms with E-state index in [1.807, 2.05) is 30.3 Å². The van der Waals surface area contributed by atoms with E-state index in [1.54, 1.807) is 12.1 Å². The summed E-state index contributed by atoms with van der Waals surface area (Å²) < 4.78 is 0. The monoisotopic (exact) mass is 294 g/mol. The summed E-state index contributed by atoms with van der Waals surface area (Å²) in [6, 6.07) is 12.7. The van der Waals surface area contributed by atoms with E-state index >= 15 is 0 Å². The van der Waals surface area contributed by atoms with E-state index in [0.29, 0.717) is 10.0 Å². The normalized spacial score (nSPS) is 10.1. The standard InChI is InChI=1S/C14H12Cl2N2O/c1-9(19)17-10-2-4-11(5-3-10)18-12-6-7-13(15)14(16)8-12/h2-8,18H,1H3,(H,17,19). The van der Waals surface area contributed by atoms with Crippen molar-refractivity contribution in [2.24, 2.45) is 0 Å². The fourth-order valence-electron chi connectivity index (χ4n) is 1.58. The Bertz CT molecular complexity index is 597. The van der Waals surface area contributed by atoms with E-state index in [9.17, 15) is 4.79 Å². The molecule has 0 aliphatic carbocycles. The lowest BCUT2D eigenvalue weighted by molar-refractivity contribution is -0.114. The van der Waals surface area contributed by atoms with Gasteiger partial charge < -0.3 is 10.6 Å². The molecule has 0 saturated heterocycles. The van der Waals surface area contributed by atoms with Gasteiger partial charge in [0.1, 0.15) is 0 Å². The zero-order chi connectivity index (χ0) is 13.8. The summed E-state index contributed by atoms with van der Waals surface area (Å²) >= 11 is 11.8. The summed E-state index contributed by atoms with van der Waals surface area (Å²) in [5.41, 5.74) is 2.50. The van der Waals surface area contributed by atoms with Crippen LogP contribution in [0.1, 0.15) is 6.92 Å². The Labute approximate surface area is 121 Å². The topological polar surface area (TPSA) is 41.1 Å². The predicted molar refractivity (Wildman–Crippen MR) is 80.5 cm³/mol. The molecule has 0 spiro atoms. The van der Waals surface area contributed by atoms with Gasteiger partial charge in [0.2, 0.25) is 5.91 Å². The van der Waals surface area contributed by atoms with Crippen LogP contribution in [0.15, 0.2) is 42.5 Å². The van der Waals surface area contributed by atoms with Gasteiger partial charge in [-0.1, -0.05) is 23.2 Å². The number of benzene rings is 2. The molecule has 98 valence electrons. The molecule has 0 saturated carbocycles. The second kappa shape index (κ2) is 5.95. The van der Waals surface area contributed by atoms with Crippen LogP contribution < -0.4 is 10.6 Å². The number of hydrogen-bond acceptors (Lipinski definition) is 2. The molecule has 0 fully saturated rings. The summed E-state index contributed by atoms with van der Waals surface area (Å²) in [6.45, 7) is 1.47. The van der Waals surface area contributed by atoms with Gasteiger partial charge in [0.15, 0.2) is 0 Å². The highest BCUT2D eigenvalue weighted by atomic mass is 35.5. The third-order valence-electron chi connectivity index (χ3n) is 2.41. The number of anilines is 3. The number of halogens is 2. The maximum absolute atomic E-state index is 10.9. The second-order valence-corrected chi connectivity index (χ2v) is 4.83. The van der Waals surface area contributed by atoms with Crippen molar-refractivity contribution in [3.63, 3.8) is 0 Å². The first-order valence-electron chi connectivity index (χ1n) is 5.64.